The lowest BCUT2D eigenvalue weighted by Gasteiger charge is -2.48. The molecular weight excluding hydrogens is 210 g/mol. The van der Waals surface area contributed by atoms with Crippen molar-refractivity contribution < 1.29 is 5.11 Å². The highest BCUT2D eigenvalue weighted by Gasteiger charge is 2.43. The fourth-order valence-electron chi connectivity index (χ4n) is 3.87. The zero-order valence-electron chi connectivity index (χ0n) is 10.3. The van der Waals surface area contributed by atoms with Gasteiger partial charge in [0, 0.05) is 5.41 Å². The molecule has 0 radical (unpaired) electrons. The molecule has 0 spiro atoms. The van der Waals surface area contributed by atoms with Crippen LogP contribution in [-0.4, -0.2) is 18.2 Å². The molecular formula is C15H21NO. The van der Waals surface area contributed by atoms with Crippen molar-refractivity contribution in [3.63, 3.8) is 0 Å². The second-order valence-electron chi connectivity index (χ2n) is 5.60. The summed E-state index contributed by atoms with van der Waals surface area (Å²) in [7, 11) is 0. The standard InChI is InChI=1S/C15H21NO/c17-14-6-3-5-12(10-14)15-7-2-1-4-13(15)11-16-9-8-15/h3,5-6,10,13,16-17H,1-2,4,7-9,11H2/t13-,15-/m0/s1. The molecule has 1 aliphatic carbocycles. The average molecular weight is 231 g/mol. The quantitative estimate of drug-likeness (QED) is 0.779. The molecule has 92 valence electrons. The van der Waals surface area contributed by atoms with Crippen molar-refractivity contribution in [1.82, 2.24) is 5.32 Å². The molecule has 0 aromatic heterocycles. The summed E-state index contributed by atoms with van der Waals surface area (Å²) < 4.78 is 0. The van der Waals surface area contributed by atoms with Crippen LogP contribution in [0.15, 0.2) is 24.3 Å². The van der Waals surface area contributed by atoms with Gasteiger partial charge in [0.15, 0.2) is 0 Å². The van der Waals surface area contributed by atoms with Crippen molar-refractivity contribution in [3.05, 3.63) is 29.8 Å². The molecule has 1 heterocycles. The topological polar surface area (TPSA) is 32.3 Å². The highest BCUT2D eigenvalue weighted by Crippen LogP contribution is 2.47. The second-order valence-corrected chi connectivity index (χ2v) is 5.60. The van der Waals surface area contributed by atoms with Crippen molar-refractivity contribution >= 4 is 0 Å². The van der Waals surface area contributed by atoms with E-state index in [-0.39, 0.29) is 0 Å². The number of phenolic OH excluding ortho intramolecular Hbond substituents is 1. The summed E-state index contributed by atoms with van der Waals surface area (Å²) in [5.41, 5.74) is 1.70. The first-order valence-corrected chi connectivity index (χ1v) is 6.81. The molecule has 0 unspecified atom stereocenters. The number of rotatable bonds is 1. The largest absolute Gasteiger partial charge is 0.508 e. The van der Waals surface area contributed by atoms with E-state index in [1.165, 1.54) is 37.7 Å². The van der Waals surface area contributed by atoms with E-state index in [1.807, 2.05) is 12.1 Å². The number of piperidine rings is 1. The Bertz CT molecular complexity index is 390. The van der Waals surface area contributed by atoms with E-state index in [0.717, 1.165) is 19.0 Å². The first kappa shape index (κ1) is 11.1. The summed E-state index contributed by atoms with van der Waals surface area (Å²) in [5.74, 6) is 1.17. The Labute approximate surface area is 103 Å². The minimum atomic E-state index is 0.336. The zero-order chi connectivity index (χ0) is 11.7. The van der Waals surface area contributed by atoms with Crippen LogP contribution in [0.1, 0.15) is 37.7 Å². The van der Waals surface area contributed by atoms with E-state index in [9.17, 15) is 5.11 Å². The van der Waals surface area contributed by atoms with Crippen molar-refractivity contribution in [2.45, 2.75) is 37.5 Å². The van der Waals surface area contributed by atoms with Gasteiger partial charge in [-0.3, -0.25) is 0 Å². The lowest BCUT2D eigenvalue weighted by Crippen LogP contribution is -2.49. The van der Waals surface area contributed by atoms with Crippen LogP contribution in [0.25, 0.3) is 0 Å². The average Bonchev–Trinajstić information content (AvgIpc) is 2.39. The first-order valence-electron chi connectivity index (χ1n) is 6.81. The Kier molecular flexibility index (Phi) is 2.83. The highest BCUT2D eigenvalue weighted by molar-refractivity contribution is 5.35. The van der Waals surface area contributed by atoms with Crippen LogP contribution in [-0.2, 0) is 5.41 Å². The van der Waals surface area contributed by atoms with E-state index >= 15 is 0 Å². The predicted molar refractivity (Wildman–Crippen MR) is 69.2 cm³/mol. The van der Waals surface area contributed by atoms with E-state index in [4.69, 9.17) is 0 Å². The summed E-state index contributed by atoms with van der Waals surface area (Å²) in [5, 5.41) is 13.2. The minimum absolute atomic E-state index is 0.336. The fraction of sp³-hybridized carbons (Fsp3) is 0.600. The zero-order valence-corrected chi connectivity index (χ0v) is 10.3. The number of benzene rings is 1. The van der Waals surface area contributed by atoms with Gasteiger partial charge in [-0.05, 0) is 56.0 Å². The predicted octanol–water partition coefficient (Wildman–Crippen LogP) is 2.81. The molecule has 1 saturated heterocycles. The number of fused-ring (bicyclic) bond motifs is 1. The molecule has 1 aromatic rings. The fourth-order valence-corrected chi connectivity index (χ4v) is 3.87. The lowest BCUT2D eigenvalue weighted by molar-refractivity contribution is 0.137. The number of hydrogen-bond acceptors (Lipinski definition) is 2. The molecule has 0 amide bonds. The van der Waals surface area contributed by atoms with Crippen LogP contribution in [0.2, 0.25) is 0 Å². The smallest absolute Gasteiger partial charge is 0.115 e. The molecule has 1 aliphatic heterocycles. The molecule has 1 saturated carbocycles. The van der Waals surface area contributed by atoms with E-state index in [2.05, 4.69) is 11.4 Å². The number of nitrogens with one attached hydrogen (secondary N) is 1. The Morgan fingerprint density at radius 2 is 2.18 bits per heavy atom. The van der Waals surface area contributed by atoms with Gasteiger partial charge < -0.3 is 10.4 Å². The van der Waals surface area contributed by atoms with Crippen molar-refractivity contribution in [3.8, 4) is 5.75 Å². The summed E-state index contributed by atoms with van der Waals surface area (Å²) in [6.45, 7) is 2.27. The van der Waals surface area contributed by atoms with Crippen LogP contribution in [0.5, 0.6) is 5.75 Å². The molecule has 2 fully saturated rings. The summed E-state index contributed by atoms with van der Waals surface area (Å²) in [6, 6.07) is 7.97. The van der Waals surface area contributed by atoms with Crippen LogP contribution >= 0.6 is 0 Å². The van der Waals surface area contributed by atoms with Crippen LogP contribution in [0.3, 0.4) is 0 Å². The molecule has 2 aliphatic rings. The Morgan fingerprint density at radius 1 is 1.24 bits per heavy atom. The minimum Gasteiger partial charge on any atom is -0.508 e. The number of phenols is 1. The van der Waals surface area contributed by atoms with Crippen LogP contribution in [0, 0.1) is 5.92 Å². The van der Waals surface area contributed by atoms with E-state index in [1.54, 1.807) is 6.07 Å². The number of hydrogen-bond donors (Lipinski definition) is 2. The molecule has 2 nitrogen and oxygen atoms in total. The third kappa shape index (κ3) is 1.85. The normalized spacial score (nSPS) is 33.1. The molecule has 2 N–H and O–H groups in total. The third-order valence-electron chi connectivity index (χ3n) is 4.77. The molecule has 3 rings (SSSR count). The van der Waals surface area contributed by atoms with Crippen molar-refractivity contribution in [1.29, 1.82) is 0 Å². The maximum Gasteiger partial charge on any atom is 0.115 e. The lowest BCUT2D eigenvalue weighted by atomic mass is 9.59. The molecule has 17 heavy (non-hydrogen) atoms. The first-order chi connectivity index (χ1) is 8.31. The van der Waals surface area contributed by atoms with E-state index in [0.29, 0.717) is 11.2 Å². The van der Waals surface area contributed by atoms with Crippen molar-refractivity contribution in [2.75, 3.05) is 13.1 Å². The van der Waals surface area contributed by atoms with Crippen LogP contribution in [0.4, 0.5) is 0 Å². The Morgan fingerprint density at radius 3 is 3.06 bits per heavy atom. The molecule has 1 aromatic carbocycles. The van der Waals surface area contributed by atoms with Crippen LogP contribution < -0.4 is 5.32 Å². The van der Waals surface area contributed by atoms with Gasteiger partial charge in [0.05, 0.1) is 0 Å². The van der Waals surface area contributed by atoms with Gasteiger partial charge in [-0.1, -0.05) is 25.0 Å². The summed E-state index contributed by atoms with van der Waals surface area (Å²) in [6.07, 6.45) is 6.56. The van der Waals surface area contributed by atoms with Gasteiger partial charge in [-0.25, -0.2) is 0 Å². The Hall–Kier alpha value is -1.02. The van der Waals surface area contributed by atoms with Gasteiger partial charge in [0.2, 0.25) is 0 Å². The van der Waals surface area contributed by atoms with Gasteiger partial charge in [0.1, 0.15) is 5.75 Å². The highest BCUT2D eigenvalue weighted by atomic mass is 16.3. The number of aromatic hydroxyl groups is 1. The van der Waals surface area contributed by atoms with Gasteiger partial charge >= 0.3 is 0 Å². The summed E-state index contributed by atoms with van der Waals surface area (Å²) in [4.78, 5) is 0. The maximum absolute atomic E-state index is 9.72. The van der Waals surface area contributed by atoms with E-state index < -0.39 is 0 Å². The van der Waals surface area contributed by atoms with Crippen molar-refractivity contribution in [2.24, 2.45) is 5.92 Å². The summed E-state index contributed by atoms with van der Waals surface area (Å²) >= 11 is 0. The molecule has 2 atom stereocenters. The Balaban J connectivity index is 2.00. The third-order valence-corrected chi connectivity index (χ3v) is 4.77. The maximum atomic E-state index is 9.72. The molecule has 2 heteroatoms. The second kappa shape index (κ2) is 4.34. The molecule has 0 bridgehead atoms. The monoisotopic (exact) mass is 231 g/mol. The van der Waals surface area contributed by atoms with Gasteiger partial charge in [-0.15, -0.1) is 0 Å². The SMILES string of the molecule is Oc1cccc([C@@]23CCCC[C@H]2CNCC3)c1. The van der Waals surface area contributed by atoms with Gasteiger partial charge in [0.25, 0.3) is 0 Å². The van der Waals surface area contributed by atoms with Gasteiger partial charge in [-0.2, -0.15) is 0 Å².